The van der Waals surface area contributed by atoms with E-state index in [1.54, 1.807) is 56.7 Å². The van der Waals surface area contributed by atoms with Gasteiger partial charge in [-0.2, -0.15) is 10.2 Å². The molecule has 0 saturated heterocycles. The third-order valence-electron chi connectivity index (χ3n) is 4.33. The molecule has 0 bridgehead atoms. The van der Waals surface area contributed by atoms with Crippen molar-refractivity contribution >= 4 is 11.6 Å². The number of aromatic nitrogens is 2. The van der Waals surface area contributed by atoms with E-state index in [0.717, 1.165) is 11.1 Å². The molecule has 0 saturated carbocycles. The van der Waals surface area contributed by atoms with Gasteiger partial charge in [0.15, 0.2) is 11.5 Å². The van der Waals surface area contributed by atoms with Crippen LogP contribution in [0.15, 0.2) is 53.6 Å². The van der Waals surface area contributed by atoms with Crippen LogP contribution in [-0.2, 0) is 0 Å². The maximum Gasteiger partial charge on any atom is 0.289 e. The first-order valence-electron chi connectivity index (χ1n) is 8.99. The summed E-state index contributed by atoms with van der Waals surface area (Å²) in [5.74, 6) is 0.952. The summed E-state index contributed by atoms with van der Waals surface area (Å²) < 4.78 is 10.5. The highest BCUT2D eigenvalue weighted by molar-refractivity contribution is 6.02. The third-order valence-corrected chi connectivity index (χ3v) is 4.33. The van der Waals surface area contributed by atoms with Crippen molar-refractivity contribution in [1.29, 1.82) is 0 Å². The van der Waals surface area contributed by atoms with Crippen LogP contribution in [0.4, 0.5) is 0 Å². The number of nitrogens with one attached hydrogen (secondary N) is 2. The fourth-order valence-corrected chi connectivity index (χ4v) is 2.76. The Labute approximate surface area is 168 Å². The first kappa shape index (κ1) is 19.9. The Morgan fingerprint density at radius 3 is 2.48 bits per heavy atom. The Bertz CT molecular complexity index is 1030. The second kappa shape index (κ2) is 8.92. The number of hydrazone groups is 1. The molecule has 150 valence electrons. The highest BCUT2D eigenvalue weighted by Gasteiger charge is 2.13. The number of rotatable bonds is 7. The van der Waals surface area contributed by atoms with Crippen molar-refractivity contribution in [1.82, 2.24) is 15.6 Å². The van der Waals surface area contributed by atoms with Crippen LogP contribution in [0, 0.1) is 0 Å². The molecule has 0 unspecified atom stereocenters. The van der Waals surface area contributed by atoms with Crippen LogP contribution < -0.4 is 14.9 Å². The molecule has 0 fully saturated rings. The lowest BCUT2D eigenvalue weighted by atomic mass is 10.1. The molecule has 0 aliphatic heterocycles. The lowest BCUT2D eigenvalue weighted by Gasteiger charge is -2.08. The van der Waals surface area contributed by atoms with Crippen molar-refractivity contribution in [3.05, 3.63) is 59.8 Å². The molecule has 1 aromatic heterocycles. The SMILES string of the molecule is CCC(=NNC(=O)c1cc(-c2ccc(OC)c(OC)c2)n[nH]1)c1ccc(O)cc1. The van der Waals surface area contributed by atoms with Gasteiger partial charge in [-0.1, -0.05) is 6.92 Å². The van der Waals surface area contributed by atoms with E-state index in [1.807, 2.05) is 13.0 Å². The minimum Gasteiger partial charge on any atom is -0.508 e. The number of aromatic hydroxyl groups is 1. The molecule has 0 atom stereocenters. The van der Waals surface area contributed by atoms with Crippen LogP contribution in [0.5, 0.6) is 17.2 Å². The van der Waals surface area contributed by atoms with Crippen LogP contribution in [0.3, 0.4) is 0 Å². The van der Waals surface area contributed by atoms with E-state index in [9.17, 15) is 9.90 Å². The Hall–Kier alpha value is -3.81. The molecule has 1 heterocycles. The number of methoxy groups -OCH3 is 2. The van der Waals surface area contributed by atoms with Gasteiger partial charge in [-0.05, 0) is 60.5 Å². The van der Waals surface area contributed by atoms with Gasteiger partial charge in [0, 0.05) is 5.56 Å². The molecule has 1 amide bonds. The first-order chi connectivity index (χ1) is 14.0. The van der Waals surface area contributed by atoms with Gasteiger partial charge in [0.1, 0.15) is 11.4 Å². The molecule has 0 radical (unpaired) electrons. The van der Waals surface area contributed by atoms with Gasteiger partial charge >= 0.3 is 0 Å². The van der Waals surface area contributed by atoms with Crippen LogP contribution >= 0.6 is 0 Å². The van der Waals surface area contributed by atoms with Gasteiger partial charge < -0.3 is 14.6 Å². The number of hydrogen-bond donors (Lipinski definition) is 3. The average Bonchev–Trinajstić information content (AvgIpc) is 3.25. The zero-order valence-electron chi connectivity index (χ0n) is 16.4. The standard InChI is InChI=1S/C21H22N4O4/c1-4-16(13-5-8-15(26)9-6-13)22-25-21(27)18-12-17(23-24-18)14-7-10-19(28-2)20(11-14)29-3/h5-12,26H,4H2,1-3H3,(H,23,24)(H,25,27). The van der Waals surface area contributed by atoms with Crippen LogP contribution in [0.25, 0.3) is 11.3 Å². The molecule has 2 aromatic carbocycles. The molecule has 0 spiro atoms. The Morgan fingerprint density at radius 2 is 1.83 bits per heavy atom. The second-order valence-corrected chi connectivity index (χ2v) is 6.14. The maximum absolute atomic E-state index is 12.4. The molecular weight excluding hydrogens is 372 g/mol. The first-order valence-corrected chi connectivity index (χ1v) is 8.99. The summed E-state index contributed by atoms with van der Waals surface area (Å²) in [5, 5.41) is 20.5. The summed E-state index contributed by atoms with van der Waals surface area (Å²) in [5.41, 5.74) is 5.70. The summed E-state index contributed by atoms with van der Waals surface area (Å²) in [6.45, 7) is 1.93. The normalized spacial score (nSPS) is 11.2. The highest BCUT2D eigenvalue weighted by Crippen LogP contribution is 2.31. The number of nitrogens with zero attached hydrogens (tertiary/aromatic N) is 2. The molecule has 8 nitrogen and oxygen atoms in total. The number of hydrogen-bond acceptors (Lipinski definition) is 6. The number of benzene rings is 2. The number of phenolic OH excluding ortho intramolecular Hbond substituents is 1. The van der Waals surface area contributed by atoms with E-state index in [4.69, 9.17) is 9.47 Å². The van der Waals surface area contributed by atoms with E-state index in [1.165, 1.54) is 0 Å². The minimum absolute atomic E-state index is 0.174. The van der Waals surface area contributed by atoms with E-state index in [2.05, 4.69) is 20.7 Å². The smallest absolute Gasteiger partial charge is 0.289 e. The lowest BCUT2D eigenvalue weighted by molar-refractivity contribution is 0.0950. The molecule has 3 N–H and O–H groups in total. The largest absolute Gasteiger partial charge is 0.508 e. The molecule has 29 heavy (non-hydrogen) atoms. The van der Waals surface area contributed by atoms with Crippen molar-refractivity contribution in [2.24, 2.45) is 5.10 Å². The van der Waals surface area contributed by atoms with E-state index in [-0.39, 0.29) is 11.4 Å². The number of amides is 1. The topological polar surface area (TPSA) is 109 Å². The quantitative estimate of drug-likeness (QED) is 0.421. The fraction of sp³-hybridized carbons (Fsp3) is 0.190. The number of phenols is 1. The second-order valence-electron chi connectivity index (χ2n) is 6.14. The van der Waals surface area contributed by atoms with Gasteiger partial charge in [-0.15, -0.1) is 0 Å². The lowest BCUT2D eigenvalue weighted by Crippen LogP contribution is -2.20. The van der Waals surface area contributed by atoms with Gasteiger partial charge in [0.05, 0.1) is 25.6 Å². The van der Waals surface area contributed by atoms with Crippen molar-refractivity contribution in [2.75, 3.05) is 14.2 Å². The van der Waals surface area contributed by atoms with Gasteiger partial charge in [-0.3, -0.25) is 9.89 Å². The predicted octanol–water partition coefficient (Wildman–Crippen LogP) is 3.34. The number of carbonyl (C=O) groups is 1. The molecule has 0 aliphatic carbocycles. The van der Waals surface area contributed by atoms with Crippen molar-refractivity contribution in [3.63, 3.8) is 0 Å². The van der Waals surface area contributed by atoms with Crippen molar-refractivity contribution in [2.45, 2.75) is 13.3 Å². The number of H-pyrrole nitrogens is 1. The van der Waals surface area contributed by atoms with Crippen molar-refractivity contribution in [3.8, 4) is 28.5 Å². The van der Waals surface area contributed by atoms with Crippen LogP contribution in [0.1, 0.15) is 29.4 Å². The summed E-state index contributed by atoms with van der Waals surface area (Å²) in [6.07, 6.45) is 0.616. The number of aromatic amines is 1. The molecule has 3 rings (SSSR count). The minimum atomic E-state index is -0.408. The Morgan fingerprint density at radius 1 is 1.10 bits per heavy atom. The average molecular weight is 394 g/mol. The molecular formula is C21H22N4O4. The number of carbonyl (C=O) groups excluding carboxylic acids is 1. The van der Waals surface area contributed by atoms with Gasteiger partial charge in [0.25, 0.3) is 5.91 Å². The Balaban J connectivity index is 1.76. The summed E-state index contributed by atoms with van der Waals surface area (Å²) in [7, 11) is 3.13. The molecule has 3 aromatic rings. The van der Waals surface area contributed by atoms with Gasteiger partial charge in [0.2, 0.25) is 0 Å². The molecule has 0 aliphatic rings. The summed E-state index contributed by atoms with van der Waals surface area (Å²) >= 11 is 0. The highest BCUT2D eigenvalue weighted by atomic mass is 16.5. The summed E-state index contributed by atoms with van der Waals surface area (Å²) in [6, 6.07) is 13.7. The van der Waals surface area contributed by atoms with E-state index >= 15 is 0 Å². The monoisotopic (exact) mass is 394 g/mol. The maximum atomic E-state index is 12.4. The number of ether oxygens (including phenoxy) is 2. The van der Waals surface area contributed by atoms with E-state index in [0.29, 0.717) is 29.3 Å². The molecule has 8 heteroatoms. The Kier molecular flexibility index (Phi) is 6.13. The van der Waals surface area contributed by atoms with Gasteiger partial charge in [-0.25, -0.2) is 5.43 Å². The summed E-state index contributed by atoms with van der Waals surface area (Å²) in [4.78, 5) is 12.4. The van der Waals surface area contributed by atoms with E-state index < -0.39 is 5.91 Å². The fourth-order valence-electron chi connectivity index (χ4n) is 2.76. The third kappa shape index (κ3) is 4.55. The predicted molar refractivity (Wildman–Crippen MR) is 110 cm³/mol. The zero-order valence-corrected chi connectivity index (χ0v) is 16.4. The van der Waals surface area contributed by atoms with Crippen LogP contribution in [-0.4, -0.2) is 41.1 Å². The van der Waals surface area contributed by atoms with Crippen LogP contribution in [0.2, 0.25) is 0 Å². The zero-order chi connectivity index (χ0) is 20.8. The van der Waals surface area contributed by atoms with Crippen molar-refractivity contribution < 1.29 is 19.4 Å².